The molecule has 0 fully saturated rings. The number of para-hydroxylation sites is 1. The molecule has 1 heterocycles. The Kier molecular flexibility index (Phi) is 6.20. The van der Waals surface area contributed by atoms with Crippen LogP contribution in [0.1, 0.15) is 28.4 Å². The van der Waals surface area contributed by atoms with Crippen LogP contribution >= 0.6 is 0 Å². The van der Waals surface area contributed by atoms with Gasteiger partial charge < -0.3 is 9.64 Å². The van der Waals surface area contributed by atoms with Gasteiger partial charge in [-0.25, -0.2) is 13.2 Å². The van der Waals surface area contributed by atoms with E-state index in [1.165, 1.54) is 31.2 Å². The number of rotatable bonds is 6. The number of nitrogens with one attached hydrogen (secondary N) is 1. The molecule has 33 heavy (non-hydrogen) atoms. The Bertz CT molecular complexity index is 1290. The van der Waals surface area contributed by atoms with Crippen LogP contribution in [0.25, 0.3) is 0 Å². The lowest BCUT2D eigenvalue weighted by Crippen LogP contribution is -2.39. The van der Waals surface area contributed by atoms with Crippen LogP contribution in [0.2, 0.25) is 0 Å². The highest BCUT2D eigenvalue weighted by Crippen LogP contribution is 2.28. The van der Waals surface area contributed by atoms with Gasteiger partial charge in [0.2, 0.25) is 0 Å². The third-order valence-electron chi connectivity index (χ3n) is 5.49. The number of aryl methyl sites for hydroxylation is 1. The zero-order valence-corrected chi connectivity index (χ0v) is 19.1. The summed E-state index contributed by atoms with van der Waals surface area (Å²) >= 11 is 0. The lowest BCUT2D eigenvalue weighted by molar-refractivity contribution is -0.126. The van der Waals surface area contributed by atoms with Crippen LogP contribution in [0.5, 0.6) is 0 Å². The molecule has 0 radical (unpaired) electrons. The molecule has 0 spiro atoms. The molecule has 1 aliphatic heterocycles. The van der Waals surface area contributed by atoms with Crippen molar-refractivity contribution in [2.45, 2.75) is 31.3 Å². The van der Waals surface area contributed by atoms with E-state index in [0.29, 0.717) is 12.2 Å². The molecule has 0 aromatic heterocycles. The van der Waals surface area contributed by atoms with E-state index in [4.69, 9.17) is 4.74 Å². The fourth-order valence-corrected chi connectivity index (χ4v) is 4.73. The summed E-state index contributed by atoms with van der Waals surface area (Å²) in [6, 6.07) is 20.0. The summed E-state index contributed by atoms with van der Waals surface area (Å²) in [5.74, 6) is -0.992. The standard InChI is InChI=1S/C25H24N2O5S/c1-17-7-11-21(12-8-17)26-33(30,31)22-13-9-20(10-14-22)25(29)32-18(2)24(28)27-16-15-19-5-3-4-6-23(19)27/h3-14,18,26H,15-16H2,1-2H3. The molecular weight excluding hydrogens is 440 g/mol. The minimum Gasteiger partial charge on any atom is -0.449 e. The molecule has 0 aliphatic carbocycles. The summed E-state index contributed by atoms with van der Waals surface area (Å²) in [7, 11) is -3.81. The molecule has 0 bridgehead atoms. The maximum atomic E-state index is 12.8. The number of sulfonamides is 1. The SMILES string of the molecule is Cc1ccc(NS(=O)(=O)c2ccc(C(=O)OC(C)C(=O)N3CCc4ccccc43)cc2)cc1. The van der Waals surface area contributed by atoms with Crippen molar-refractivity contribution >= 4 is 33.3 Å². The van der Waals surface area contributed by atoms with E-state index in [1.807, 2.05) is 31.2 Å². The second-order valence-electron chi connectivity index (χ2n) is 7.91. The molecule has 0 saturated carbocycles. The average Bonchev–Trinajstić information content (AvgIpc) is 3.24. The number of benzene rings is 3. The van der Waals surface area contributed by atoms with Crippen molar-refractivity contribution in [3.8, 4) is 0 Å². The third kappa shape index (κ3) is 4.90. The van der Waals surface area contributed by atoms with E-state index in [2.05, 4.69) is 4.72 Å². The van der Waals surface area contributed by atoms with Crippen molar-refractivity contribution in [2.24, 2.45) is 0 Å². The number of anilines is 2. The fraction of sp³-hybridized carbons (Fsp3) is 0.200. The smallest absolute Gasteiger partial charge is 0.338 e. The summed E-state index contributed by atoms with van der Waals surface area (Å²) in [5.41, 5.74) is 3.54. The Hall–Kier alpha value is -3.65. The van der Waals surface area contributed by atoms with Crippen molar-refractivity contribution in [2.75, 3.05) is 16.2 Å². The number of carbonyl (C=O) groups excluding carboxylic acids is 2. The first-order chi connectivity index (χ1) is 15.7. The first-order valence-electron chi connectivity index (χ1n) is 10.5. The van der Waals surface area contributed by atoms with E-state index in [0.717, 1.165) is 23.2 Å². The van der Waals surface area contributed by atoms with Crippen molar-refractivity contribution in [1.29, 1.82) is 0 Å². The van der Waals surface area contributed by atoms with Crippen LogP contribution in [0, 0.1) is 6.92 Å². The Balaban J connectivity index is 1.41. The lowest BCUT2D eigenvalue weighted by atomic mass is 10.2. The minimum absolute atomic E-state index is 0.0115. The summed E-state index contributed by atoms with van der Waals surface area (Å²) in [4.78, 5) is 27.0. The Morgan fingerprint density at radius 2 is 1.64 bits per heavy atom. The average molecular weight is 465 g/mol. The highest BCUT2D eigenvalue weighted by molar-refractivity contribution is 7.92. The van der Waals surface area contributed by atoms with Crippen molar-refractivity contribution in [3.05, 3.63) is 89.5 Å². The molecule has 8 heteroatoms. The first-order valence-corrected chi connectivity index (χ1v) is 12.0. The Morgan fingerprint density at radius 3 is 2.33 bits per heavy atom. The molecule has 1 amide bonds. The number of nitrogens with zero attached hydrogens (tertiary/aromatic N) is 1. The number of ether oxygens (including phenoxy) is 1. The maximum absolute atomic E-state index is 12.8. The molecule has 7 nitrogen and oxygen atoms in total. The van der Waals surface area contributed by atoms with E-state index < -0.39 is 22.1 Å². The molecule has 1 unspecified atom stereocenters. The molecule has 1 N–H and O–H groups in total. The lowest BCUT2D eigenvalue weighted by Gasteiger charge is -2.21. The van der Waals surface area contributed by atoms with Crippen LogP contribution in [-0.4, -0.2) is 32.9 Å². The monoisotopic (exact) mass is 464 g/mol. The van der Waals surface area contributed by atoms with Crippen molar-refractivity contribution in [3.63, 3.8) is 0 Å². The highest BCUT2D eigenvalue weighted by atomic mass is 32.2. The van der Waals surface area contributed by atoms with Gasteiger partial charge in [0, 0.05) is 17.9 Å². The Labute approximate surface area is 193 Å². The summed E-state index contributed by atoms with van der Waals surface area (Å²) in [6.07, 6.45) is -0.218. The fourth-order valence-electron chi connectivity index (χ4n) is 3.67. The van der Waals surface area contributed by atoms with Crippen LogP contribution in [0.3, 0.4) is 0 Å². The van der Waals surface area contributed by atoms with Crippen molar-refractivity contribution < 1.29 is 22.7 Å². The number of fused-ring (bicyclic) bond motifs is 1. The number of hydrogen-bond acceptors (Lipinski definition) is 5. The molecule has 1 atom stereocenters. The first kappa shape index (κ1) is 22.5. The number of carbonyl (C=O) groups is 2. The summed E-state index contributed by atoms with van der Waals surface area (Å²) < 4.78 is 33.1. The van der Waals surface area contributed by atoms with Gasteiger partial charge in [0.15, 0.2) is 6.10 Å². The van der Waals surface area contributed by atoms with Gasteiger partial charge in [-0.3, -0.25) is 9.52 Å². The van der Waals surface area contributed by atoms with Crippen molar-refractivity contribution in [1.82, 2.24) is 0 Å². The topological polar surface area (TPSA) is 92.8 Å². The zero-order chi connectivity index (χ0) is 23.6. The molecular formula is C25H24N2O5S. The zero-order valence-electron chi connectivity index (χ0n) is 18.3. The molecule has 170 valence electrons. The molecule has 4 rings (SSSR count). The van der Waals surface area contributed by atoms with Crippen LogP contribution in [-0.2, 0) is 26.0 Å². The van der Waals surface area contributed by atoms with E-state index in [9.17, 15) is 18.0 Å². The van der Waals surface area contributed by atoms with Crippen LogP contribution in [0.4, 0.5) is 11.4 Å². The van der Waals surface area contributed by atoms with Gasteiger partial charge in [0.25, 0.3) is 15.9 Å². The highest BCUT2D eigenvalue weighted by Gasteiger charge is 2.30. The molecule has 1 aliphatic rings. The van der Waals surface area contributed by atoms with E-state index in [1.54, 1.807) is 29.2 Å². The predicted molar refractivity (Wildman–Crippen MR) is 126 cm³/mol. The largest absolute Gasteiger partial charge is 0.449 e. The van der Waals surface area contributed by atoms with Crippen LogP contribution in [0.15, 0.2) is 77.7 Å². The molecule has 0 saturated heterocycles. The Morgan fingerprint density at radius 1 is 0.970 bits per heavy atom. The van der Waals surface area contributed by atoms with Gasteiger partial charge in [-0.1, -0.05) is 35.9 Å². The molecule has 3 aromatic carbocycles. The van der Waals surface area contributed by atoms with Gasteiger partial charge in [0.1, 0.15) is 0 Å². The van der Waals surface area contributed by atoms with Gasteiger partial charge in [-0.2, -0.15) is 0 Å². The van der Waals surface area contributed by atoms with Gasteiger partial charge in [0.05, 0.1) is 10.5 Å². The van der Waals surface area contributed by atoms with E-state index in [-0.39, 0.29) is 16.4 Å². The quantitative estimate of drug-likeness (QED) is 0.558. The minimum atomic E-state index is -3.81. The third-order valence-corrected chi connectivity index (χ3v) is 6.89. The number of esters is 1. The van der Waals surface area contributed by atoms with Gasteiger partial charge >= 0.3 is 5.97 Å². The second kappa shape index (κ2) is 9.07. The number of amides is 1. The second-order valence-corrected chi connectivity index (χ2v) is 9.59. The van der Waals surface area contributed by atoms with Crippen LogP contribution < -0.4 is 9.62 Å². The summed E-state index contributed by atoms with van der Waals surface area (Å²) in [5, 5.41) is 0. The molecule has 3 aromatic rings. The normalized spacial score (nSPS) is 13.8. The summed E-state index contributed by atoms with van der Waals surface area (Å²) in [6.45, 7) is 3.99. The van der Waals surface area contributed by atoms with Gasteiger partial charge in [-0.15, -0.1) is 0 Å². The van der Waals surface area contributed by atoms with Gasteiger partial charge in [-0.05, 0) is 68.3 Å². The predicted octanol–water partition coefficient (Wildman–Crippen LogP) is 3.93. The van der Waals surface area contributed by atoms with E-state index >= 15 is 0 Å². The maximum Gasteiger partial charge on any atom is 0.338 e. The number of hydrogen-bond donors (Lipinski definition) is 1.